The van der Waals surface area contributed by atoms with Crippen LogP contribution in [0.2, 0.25) is 0 Å². The lowest BCUT2D eigenvalue weighted by atomic mass is 9.90. The van der Waals surface area contributed by atoms with Crippen LogP contribution in [0.5, 0.6) is 5.75 Å². The zero-order valence-corrected chi connectivity index (χ0v) is 23.6. The molecule has 208 valence electrons. The Hall–Kier alpha value is -3.32. The van der Waals surface area contributed by atoms with Crippen molar-refractivity contribution in [2.45, 2.75) is 58.0 Å². The zero-order valence-electron chi connectivity index (χ0n) is 23.6. The molecule has 7 nitrogen and oxygen atoms in total. The summed E-state index contributed by atoms with van der Waals surface area (Å²) in [7, 11) is 2.00. The van der Waals surface area contributed by atoms with Crippen molar-refractivity contribution in [1.82, 2.24) is 14.4 Å². The van der Waals surface area contributed by atoms with Crippen LogP contribution in [-0.4, -0.2) is 71.2 Å². The number of hydrogen-bond donors (Lipinski definition) is 0. The quantitative estimate of drug-likeness (QED) is 0.468. The number of hydrogen-bond acceptors (Lipinski definition) is 4. The predicted octanol–water partition coefficient (Wildman–Crippen LogP) is 5.13. The third kappa shape index (κ3) is 5.42. The van der Waals surface area contributed by atoms with Crippen LogP contribution in [0.15, 0.2) is 48.5 Å². The number of ether oxygens (including phenoxy) is 2. The first-order valence-electron chi connectivity index (χ1n) is 14.4. The second kappa shape index (κ2) is 11.8. The minimum absolute atomic E-state index is 0.0134. The lowest BCUT2D eigenvalue weighted by Crippen LogP contribution is -2.62. The lowest BCUT2D eigenvalue weighted by Gasteiger charge is -2.44. The van der Waals surface area contributed by atoms with Gasteiger partial charge >= 0.3 is 0 Å². The Bertz CT molecular complexity index is 1330. The number of rotatable bonds is 4. The van der Waals surface area contributed by atoms with E-state index in [2.05, 4.69) is 23.6 Å². The van der Waals surface area contributed by atoms with Crippen molar-refractivity contribution in [3.63, 3.8) is 0 Å². The van der Waals surface area contributed by atoms with Gasteiger partial charge in [-0.2, -0.15) is 0 Å². The summed E-state index contributed by atoms with van der Waals surface area (Å²) >= 11 is 0. The third-order valence-electron chi connectivity index (χ3n) is 8.41. The minimum Gasteiger partial charge on any atom is -0.491 e. The Balaban J connectivity index is 1.44. The van der Waals surface area contributed by atoms with E-state index in [9.17, 15) is 9.59 Å². The first-order chi connectivity index (χ1) is 18.9. The molecule has 1 saturated heterocycles. The third-order valence-corrected chi connectivity index (χ3v) is 8.41. The van der Waals surface area contributed by atoms with Crippen LogP contribution in [0.1, 0.15) is 60.6 Å². The Labute approximate surface area is 231 Å². The van der Waals surface area contributed by atoms with E-state index in [4.69, 9.17) is 9.47 Å². The number of amides is 2. The van der Waals surface area contributed by atoms with Crippen LogP contribution in [0.4, 0.5) is 0 Å². The highest BCUT2D eigenvalue weighted by Gasteiger charge is 2.47. The summed E-state index contributed by atoms with van der Waals surface area (Å²) in [4.78, 5) is 32.1. The lowest BCUT2D eigenvalue weighted by molar-refractivity contribution is -0.170. The van der Waals surface area contributed by atoms with Gasteiger partial charge in [-0.25, -0.2) is 0 Å². The van der Waals surface area contributed by atoms with Crippen LogP contribution in [0.25, 0.3) is 10.9 Å². The fourth-order valence-corrected chi connectivity index (χ4v) is 6.09. The highest BCUT2D eigenvalue weighted by Crippen LogP contribution is 2.32. The number of para-hydroxylation sites is 2. The maximum atomic E-state index is 14.3. The molecule has 0 bridgehead atoms. The van der Waals surface area contributed by atoms with E-state index in [1.54, 1.807) is 0 Å². The van der Waals surface area contributed by atoms with Gasteiger partial charge in [0.2, 0.25) is 0 Å². The van der Waals surface area contributed by atoms with Gasteiger partial charge in [0.15, 0.2) is 5.60 Å². The Kier molecular flexibility index (Phi) is 8.26. The number of carbonyl (C=O) groups excluding carboxylic acids is 2. The number of carbonyl (C=O) groups is 2. The van der Waals surface area contributed by atoms with Crippen molar-refractivity contribution in [2.24, 2.45) is 7.05 Å². The first kappa shape index (κ1) is 27.3. The molecule has 1 atom stereocenters. The second-order valence-corrected chi connectivity index (χ2v) is 10.9. The molecule has 1 aromatic heterocycles. The van der Waals surface area contributed by atoms with Gasteiger partial charge < -0.3 is 23.8 Å². The molecule has 1 spiro atoms. The largest absolute Gasteiger partial charge is 0.491 e. The topological polar surface area (TPSA) is 64.0 Å². The van der Waals surface area contributed by atoms with Crippen LogP contribution in [-0.2, 0) is 23.0 Å². The van der Waals surface area contributed by atoms with Gasteiger partial charge in [-0.05, 0) is 56.7 Å². The highest BCUT2D eigenvalue weighted by atomic mass is 16.5. The molecule has 39 heavy (non-hydrogen) atoms. The molecule has 2 aromatic carbocycles. The highest BCUT2D eigenvalue weighted by molar-refractivity contribution is 6.08. The van der Waals surface area contributed by atoms with Gasteiger partial charge in [0.05, 0.1) is 25.3 Å². The molecule has 2 aliphatic rings. The summed E-state index contributed by atoms with van der Waals surface area (Å²) in [5, 5.41) is 0.952. The molecule has 3 aromatic rings. The smallest absolute Gasteiger partial charge is 0.256 e. The van der Waals surface area contributed by atoms with E-state index < -0.39 is 5.60 Å². The maximum Gasteiger partial charge on any atom is 0.256 e. The van der Waals surface area contributed by atoms with E-state index in [0.29, 0.717) is 39.3 Å². The van der Waals surface area contributed by atoms with Crippen molar-refractivity contribution >= 4 is 22.7 Å². The summed E-state index contributed by atoms with van der Waals surface area (Å²) in [6.45, 7) is 6.80. The van der Waals surface area contributed by atoms with Crippen LogP contribution in [0.3, 0.4) is 0 Å². The molecular formula is C32H41N3O4. The zero-order chi connectivity index (χ0) is 27.4. The molecule has 2 amide bonds. The fourth-order valence-electron chi connectivity index (χ4n) is 6.09. The van der Waals surface area contributed by atoms with E-state index >= 15 is 0 Å². The molecule has 1 fully saturated rings. The summed E-state index contributed by atoms with van der Waals surface area (Å²) in [5.41, 5.74) is 2.85. The van der Waals surface area contributed by atoms with Gasteiger partial charge in [-0.15, -0.1) is 0 Å². The maximum absolute atomic E-state index is 14.3. The van der Waals surface area contributed by atoms with E-state index in [-0.39, 0.29) is 18.4 Å². The molecule has 0 aliphatic carbocycles. The second-order valence-electron chi connectivity index (χ2n) is 10.9. The van der Waals surface area contributed by atoms with Gasteiger partial charge in [0, 0.05) is 36.7 Å². The Morgan fingerprint density at radius 2 is 1.82 bits per heavy atom. The number of morpholine rings is 1. The summed E-state index contributed by atoms with van der Waals surface area (Å²) in [5.74, 6) is 0.871. The molecule has 7 heteroatoms. The summed E-state index contributed by atoms with van der Waals surface area (Å²) in [6, 6.07) is 16.2. The van der Waals surface area contributed by atoms with Crippen molar-refractivity contribution in [3.05, 3.63) is 65.4 Å². The van der Waals surface area contributed by atoms with E-state index in [0.717, 1.165) is 60.0 Å². The molecule has 1 unspecified atom stereocenters. The van der Waals surface area contributed by atoms with E-state index in [1.165, 1.54) is 5.56 Å². The molecule has 0 N–H and O–H groups in total. The first-order valence-corrected chi connectivity index (χ1v) is 14.4. The van der Waals surface area contributed by atoms with Crippen molar-refractivity contribution in [3.8, 4) is 5.75 Å². The molecule has 5 rings (SSSR count). The van der Waals surface area contributed by atoms with Crippen molar-refractivity contribution < 1.29 is 19.1 Å². The summed E-state index contributed by atoms with van der Waals surface area (Å²) < 4.78 is 14.7. The monoisotopic (exact) mass is 531 g/mol. The van der Waals surface area contributed by atoms with Gasteiger partial charge in [0.25, 0.3) is 11.8 Å². The standard InChI is InChI=1S/C32H41N3O4/c1-4-5-18-34-19-21-38-28-16-9-6-12-25(28)13-10-11-17-32(31(34)37)23-35(20-22-39-32)30(36)29-24(2)33(3)27-15-8-7-14-26(27)29/h6-9,12,14-16H,4-5,10-11,13,17-23H2,1-3H3. The number of aryl methyl sites for hydroxylation is 2. The number of nitrogens with zero attached hydrogens (tertiary/aromatic N) is 3. The molecule has 0 radical (unpaired) electrons. The van der Waals surface area contributed by atoms with Crippen LogP contribution < -0.4 is 4.74 Å². The Morgan fingerprint density at radius 1 is 1.03 bits per heavy atom. The number of aromatic nitrogens is 1. The summed E-state index contributed by atoms with van der Waals surface area (Å²) in [6.07, 6.45) is 5.14. The SMILES string of the molecule is CCCCN1CCOc2ccccc2CCCCC2(CN(C(=O)c3c(C)n(C)c4ccccc34)CCO2)C1=O. The van der Waals surface area contributed by atoms with Gasteiger partial charge in [-0.3, -0.25) is 9.59 Å². The van der Waals surface area contributed by atoms with Crippen LogP contribution in [0, 0.1) is 6.92 Å². The van der Waals surface area contributed by atoms with Gasteiger partial charge in [-0.1, -0.05) is 49.7 Å². The average Bonchev–Trinajstić information content (AvgIpc) is 3.22. The number of fused-ring (bicyclic) bond motifs is 2. The number of benzene rings is 2. The molecule has 3 heterocycles. The number of unbranched alkanes of at least 4 members (excludes halogenated alkanes) is 1. The normalized spacial score (nSPS) is 20.8. The van der Waals surface area contributed by atoms with E-state index in [1.807, 2.05) is 60.2 Å². The average molecular weight is 532 g/mol. The van der Waals surface area contributed by atoms with Crippen molar-refractivity contribution in [2.75, 3.05) is 39.4 Å². The predicted molar refractivity (Wildman–Crippen MR) is 153 cm³/mol. The minimum atomic E-state index is -1.04. The Morgan fingerprint density at radius 3 is 2.67 bits per heavy atom. The molecule has 2 aliphatic heterocycles. The fraction of sp³-hybridized carbons (Fsp3) is 0.500. The van der Waals surface area contributed by atoms with Crippen molar-refractivity contribution in [1.29, 1.82) is 0 Å². The van der Waals surface area contributed by atoms with Gasteiger partial charge in [0.1, 0.15) is 12.4 Å². The van der Waals surface area contributed by atoms with Crippen LogP contribution >= 0.6 is 0 Å². The molecule has 0 saturated carbocycles. The molecular weight excluding hydrogens is 490 g/mol.